The molecule has 1 rings (SSSR count). The van der Waals surface area contributed by atoms with Crippen molar-refractivity contribution in [2.24, 2.45) is 5.73 Å². The van der Waals surface area contributed by atoms with Gasteiger partial charge in [-0.2, -0.15) is 18.4 Å². The van der Waals surface area contributed by atoms with Crippen molar-refractivity contribution in [3.8, 4) is 6.07 Å². The summed E-state index contributed by atoms with van der Waals surface area (Å²) in [5, 5.41) is 11.6. The zero-order chi connectivity index (χ0) is 15.9. The van der Waals surface area contributed by atoms with Gasteiger partial charge in [0, 0.05) is 18.8 Å². The maximum absolute atomic E-state index is 13.1. The number of anilines is 1. The lowest BCUT2D eigenvalue weighted by Gasteiger charge is -2.22. The standard InChI is InChI=1S/C14H18F3N3O/c1-21-9-11(3-2-6-18)20-13-5-4-10(8-19)7-12(13)14(15,16)17/h4-5,7,11,20H,2-3,6,9,18H2,1H3. The molecule has 0 fully saturated rings. The fourth-order valence-electron chi connectivity index (χ4n) is 1.96. The van der Waals surface area contributed by atoms with Crippen LogP contribution in [0.4, 0.5) is 18.9 Å². The number of hydrogen-bond donors (Lipinski definition) is 2. The highest BCUT2D eigenvalue weighted by Crippen LogP contribution is 2.35. The van der Waals surface area contributed by atoms with E-state index >= 15 is 0 Å². The Morgan fingerprint density at radius 3 is 2.67 bits per heavy atom. The number of nitriles is 1. The van der Waals surface area contributed by atoms with E-state index in [1.807, 2.05) is 0 Å². The molecule has 0 heterocycles. The van der Waals surface area contributed by atoms with Crippen molar-refractivity contribution in [2.75, 3.05) is 25.6 Å². The average Bonchev–Trinajstić information content (AvgIpc) is 2.44. The van der Waals surface area contributed by atoms with Gasteiger partial charge >= 0.3 is 6.18 Å². The Balaban J connectivity index is 3.02. The zero-order valence-electron chi connectivity index (χ0n) is 11.7. The van der Waals surface area contributed by atoms with Crippen LogP contribution in [0.15, 0.2) is 18.2 Å². The number of methoxy groups -OCH3 is 1. The highest BCUT2D eigenvalue weighted by atomic mass is 19.4. The molecular formula is C14H18F3N3O. The molecule has 0 amide bonds. The fourth-order valence-corrected chi connectivity index (χ4v) is 1.96. The molecule has 4 nitrogen and oxygen atoms in total. The molecule has 7 heteroatoms. The molecule has 3 N–H and O–H groups in total. The predicted octanol–water partition coefficient (Wildman–Crippen LogP) is 2.74. The van der Waals surface area contributed by atoms with E-state index in [1.54, 1.807) is 6.07 Å². The molecule has 0 bridgehead atoms. The van der Waals surface area contributed by atoms with E-state index in [0.29, 0.717) is 19.4 Å². The number of ether oxygens (including phenoxy) is 1. The van der Waals surface area contributed by atoms with E-state index in [1.165, 1.54) is 19.2 Å². The third-order valence-corrected chi connectivity index (χ3v) is 2.94. The quantitative estimate of drug-likeness (QED) is 0.812. The summed E-state index contributed by atoms with van der Waals surface area (Å²) < 4.78 is 44.2. The summed E-state index contributed by atoms with van der Waals surface area (Å²) in [6, 6.07) is 4.90. The smallest absolute Gasteiger partial charge is 0.383 e. The third kappa shape index (κ3) is 5.25. The first kappa shape index (κ1) is 17.3. The maximum atomic E-state index is 13.1. The highest BCUT2D eigenvalue weighted by Gasteiger charge is 2.34. The predicted molar refractivity (Wildman–Crippen MR) is 73.7 cm³/mol. The second kappa shape index (κ2) is 7.86. The van der Waals surface area contributed by atoms with E-state index in [-0.39, 0.29) is 23.9 Å². The van der Waals surface area contributed by atoms with E-state index in [0.717, 1.165) is 6.07 Å². The van der Waals surface area contributed by atoms with Gasteiger partial charge in [-0.3, -0.25) is 0 Å². The monoisotopic (exact) mass is 301 g/mol. The Kier molecular flexibility index (Phi) is 6.46. The van der Waals surface area contributed by atoms with Crippen molar-refractivity contribution in [3.05, 3.63) is 29.3 Å². The van der Waals surface area contributed by atoms with Gasteiger partial charge < -0.3 is 15.8 Å². The van der Waals surface area contributed by atoms with Crippen molar-refractivity contribution in [1.29, 1.82) is 5.26 Å². The molecule has 0 saturated carbocycles. The fraction of sp³-hybridized carbons (Fsp3) is 0.500. The Labute approximate surface area is 121 Å². The number of rotatable bonds is 7. The molecule has 1 aromatic carbocycles. The lowest BCUT2D eigenvalue weighted by molar-refractivity contribution is -0.137. The Morgan fingerprint density at radius 2 is 2.14 bits per heavy atom. The van der Waals surface area contributed by atoms with Gasteiger partial charge in [0.2, 0.25) is 0 Å². The zero-order valence-corrected chi connectivity index (χ0v) is 11.7. The molecule has 21 heavy (non-hydrogen) atoms. The maximum Gasteiger partial charge on any atom is 0.418 e. The minimum absolute atomic E-state index is 0.0295. The van der Waals surface area contributed by atoms with Gasteiger partial charge in [0.15, 0.2) is 0 Å². The van der Waals surface area contributed by atoms with Crippen LogP contribution in [0.2, 0.25) is 0 Å². The lowest BCUT2D eigenvalue weighted by Crippen LogP contribution is -2.27. The lowest BCUT2D eigenvalue weighted by atomic mass is 10.1. The van der Waals surface area contributed by atoms with E-state index in [2.05, 4.69) is 5.32 Å². The molecule has 0 aliphatic rings. The van der Waals surface area contributed by atoms with Crippen LogP contribution in [0.25, 0.3) is 0 Å². The largest absolute Gasteiger partial charge is 0.418 e. The van der Waals surface area contributed by atoms with Crippen LogP contribution in [0.1, 0.15) is 24.0 Å². The molecule has 0 radical (unpaired) electrons. The molecule has 1 aromatic rings. The number of halogens is 3. The van der Waals surface area contributed by atoms with E-state index in [4.69, 9.17) is 15.7 Å². The molecular weight excluding hydrogens is 283 g/mol. The van der Waals surface area contributed by atoms with Gasteiger partial charge in [-0.1, -0.05) is 0 Å². The minimum atomic E-state index is -4.53. The molecule has 0 spiro atoms. The van der Waals surface area contributed by atoms with Crippen LogP contribution in [-0.2, 0) is 10.9 Å². The summed E-state index contributed by atoms with van der Waals surface area (Å²) in [6.07, 6.45) is -3.25. The van der Waals surface area contributed by atoms with Crippen molar-refractivity contribution in [2.45, 2.75) is 25.1 Å². The molecule has 0 aliphatic heterocycles. The Morgan fingerprint density at radius 1 is 1.43 bits per heavy atom. The summed E-state index contributed by atoms with van der Waals surface area (Å²) in [5.74, 6) is 0. The van der Waals surface area contributed by atoms with Gasteiger partial charge in [0.1, 0.15) is 0 Å². The van der Waals surface area contributed by atoms with E-state index < -0.39 is 11.7 Å². The van der Waals surface area contributed by atoms with Crippen molar-refractivity contribution in [1.82, 2.24) is 0 Å². The second-order valence-electron chi connectivity index (χ2n) is 4.60. The molecule has 0 aliphatic carbocycles. The van der Waals surface area contributed by atoms with Crippen LogP contribution in [-0.4, -0.2) is 26.3 Å². The first-order valence-corrected chi connectivity index (χ1v) is 6.49. The number of benzene rings is 1. The second-order valence-corrected chi connectivity index (χ2v) is 4.60. The SMILES string of the molecule is COCC(CCCN)Nc1ccc(C#N)cc1C(F)(F)F. The van der Waals surface area contributed by atoms with Gasteiger partial charge in [-0.05, 0) is 37.6 Å². The first-order chi connectivity index (χ1) is 9.92. The summed E-state index contributed by atoms with van der Waals surface area (Å²) in [5.41, 5.74) is 4.48. The molecule has 116 valence electrons. The summed E-state index contributed by atoms with van der Waals surface area (Å²) in [6.45, 7) is 0.735. The summed E-state index contributed by atoms with van der Waals surface area (Å²) in [7, 11) is 1.49. The number of nitrogens with two attached hydrogens (primary N) is 1. The Bertz CT molecular complexity index is 497. The number of alkyl halides is 3. The van der Waals surface area contributed by atoms with Crippen LogP contribution in [0.3, 0.4) is 0 Å². The van der Waals surface area contributed by atoms with Crippen LogP contribution in [0.5, 0.6) is 0 Å². The van der Waals surface area contributed by atoms with Crippen LogP contribution >= 0.6 is 0 Å². The van der Waals surface area contributed by atoms with Crippen molar-refractivity contribution >= 4 is 5.69 Å². The van der Waals surface area contributed by atoms with Crippen LogP contribution in [0, 0.1) is 11.3 Å². The molecule has 0 aromatic heterocycles. The highest BCUT2D eigenvalue weighted by molar-refractivity contribution is 5.56. The topological polar surface area (TPSA) is 71.1 Å². The van der Waals surface area contributed by atoms with Crippen molar-refractivity contribution in [3.63, 3.8) is 0 Å². The number of nitrogens with zero attached hydrogens (tertiary/aromatic N) is 1. The van der Waals surface area contributed by atoms with Gasteiger partial charge in [-0.25, -0.2) is 0 Å². The van der Waals surface area contributed by atoms with Gasteiger partial charge in [-0.15, -0.1) is 0 Å². The molecule has 0 saturated heterocycles. The molecule has 1 unspecified atom stereocenters. The number of hydrogen-bond acceptors (Lipinski definition) is 4. The summed E-state index contributed by atoms with van der Waals surface area (Å²) >= 11 is 0. The van der Waals surface area contributed by atoms with Gasteiger partial charge in [0.05, 0.1) is 23.8 Å². The number of nitrogens with one attached hydrogen (secondary N) is 1. The van der Waals surface area contributed by atoms with Gasteiger partial charge in [0.25, 0.3) is 0 Å². The average molecular weight is 301 g/mol. The third-order valence-electron chi connectivity index (χ3n) is 2.94. The Hall–Kier alpha value is -1.78. The summed E-state index contributed by atoms with van der Waals surface area (Å²) in [4.78, 5) is 0. The van der Waals surface area contributed by atoms with Crippen molar-refractivity contribution < 1.29 is 17.9 Å². The first-order valence-electron chi connectivity index (χ1n) is 6.49. The molecule has 1 atom stereocenters. The van der Waals surface area contributed by atoms with Crippen LogP contribution < -0.4 is 11.1 Å². The minimum Gasteiger partial charge on any atom is -0.383 e. The van der Waals surface area contributed by atoms with E-state index in [9.17, 15) is 13.2 Å². The normalized spacial score (nSPS) is 12.8.